The average molecular weight is 373 g/mol. The summed E-state index contributed by atoms with van der Waals surface area (Å²) in [6, 6.07) is 5.42. The third kappa shape index (κ3) is 4.73. The molecule has 1 aromatic heterocycles. The summed E-state index contributed by atoms with van der Waals surface area (Å²) in [6.45, 7) is 4.59. The van der Waals surface area contributed by atoms with E-state index >= 15 is 0 Å². The average Bonchev–Trinajstić information content (AvgIpc) is 2.74. The zero-order valence-electron chi connectivity index (χ0n) is 13.2. The molecule has 0 aliphatic carbocycles. The van der Waals surface area contributed by atoms with Crippen molar-refractivity contribution in [2.75, 3.05) is 6.61 Å². The van der Waals surface area contributed by atoms with Crippen LogP contribution in [0.5, 0.6) is 0 Å². The number of benzene rings is 1. The number of hydrogen-bond donors (Lipinski definition) is 0. The van der Waals surface area contributed by atoms with Crippen molar-refractivity contribution in [3.05, 3.63) is 39.8 Å². The molecule has 7 heteroatoms. The highest BCUT2D eigenvalue weighted by molar-refractivity contribution is 7.99. The Morgan fingerprint density at radius 2 is 1.96 bits per heavy atom. The molecule has 124 valence electrons. The summed E-state index contributed by atoms with van der Waals surface area (Å²) in [4.78, 5) is 16.0. The minimum Gasteiger partial charge on any atom is -0.366 e. The molecule has 1 aromatic carbocycles. The van der Waals surface area contributed by atoms with E-state index in [1.54, 1.807) is 6.07 Å². The van der Waals surface area contributed by atoms with Crippen LogP contribution in [0.15, 0.2) is 28.1 Å². The van der Waals surface area contributed by atoms with E-state index in [1.807, 2.05) is 23.7 Å². The number of aromatic nitrogens is 2. The molecule has 0 spiro atoms. The number of ether oxygens (including phenoxy) is 1. The summed E-state index contributed by atoms with van der Waals surface area (Å²) in [6.07, 6.45) is 0.732. The fourth-order valence-electron chi connectivity index (χ4n) is 2.27. The molecule has 0 saturated carbocycles. The van der Waals surface area contributed by atoms with Gasteiger partial charge < -0.3 is 14.1 Å². The summed E-state index contributed by atoms with van der Waals surface area (Å²) in [5.41, 5.74) is 1.11. The first-order valence-corrected chi connectivity index (χ1v) is 8.70. The Morgan fingerprint density at radius 1 is 1.30 bits per heavy atom. The number of carbonyl (C=O) groups excluding carboxylic acids is 1. The molecule has 0 aliphatic rings. The van der Waals surface area contributed by atoms with Gasteiger partial charge in [0, 0.05) is 22.0 Å². The van der Waals surface area contributed by atoms with Crippen molar-refractivity contribution in [2.24, 2.45) is 7.05 Å². The SMILES string of the molecule is CC(C)c1c(Sc2cc(Cl)cc(Cl)c2)nc(COCC=O)n1C. The van der Waals surface area contributed by atoms with Gasteiger partial charge in [0.15, 0.2) is 0 Å². The van der Waals surface area contributed by atoms with Crippen molar-refractivity contribution in [3.8, 4) is 0 Å². The lowest BCUT2D eigenvalue weighted by atomic mass is 10.1. The third-order valence-corrected chi connectivity index (χ3v) is 4.61. The molecule has 0 radical (unpaired) electrons. The Labute approximate surface area is 150 Å². The molecule has 1 heterocycles. The largest absolute Gasteiger partial charge is 0.366 e. The first-order chi connectivity index (χ1) is 10.9. The molecule has 0 atom stereocenters. The van der Waals surface area contributed by atoms with E-state index in [-0.39, 0.29) is 6.61 Å². The minimum atomic E-state index is 0.0657. The van der Waals surface area contributed by atoms with Gasteiger partial charge in [0.25, 0.3) is 0 Å². The quantitative estimate of drug-likeness (QED) is 0.521. The van der Waals surface area contributed by atoms with Crippen LogP contribution in [0.1, 0.15) is 31.3 Å². The topological polar surface area (TPSA) is 44.1 Å². The second kappa shape index (κ2) is 8.20. The van der Waals surface area contributed by atoms with Crippen LogP contribution in [-0.2, 0) is 23.2 Å². The van der Waals surface area contributed by atoms with Gasteiger partial charge in [-0.25, -0.2) is 4.98 Å². The molecule has 4 nitrogen and oxygen atoms in total. The molecular formula is C16H18Cl2N2O2S. The van der Waals surface area contributed by atoms with Gasteiger partial charge in [0.1, 0.15) is 30.4 Å². The zero-order valence-corrected chi connectivity index (χ0v) is 15.5. The van der Waals surface area contributed by atoms with Gasteiger partial charge in [-0.15, -0.1) is 0 Å². The van der Waals surface area contributed by atoms with E-state index < -0.39 is 0 Å². The molecule has 2 aromatic rings. The van der Waals surface area contributed by atoms with E-state index in [4.69, 9.17) is 27.9 Å². The Balaban J connectivity index is 2.32. The van der Waals surface area contributed by atoms with Crippen LogP contribution < -0.4 is 0 Å². The molecule has 2 rings (SSSR count). The Hall–Kier alpha value is -1.01. The fraction of sp³-hybridized carbons (Fsp3) is 0.375. The second-order valence-corrected chi connectivity index (χ2v) is 7.26. The summed E-state index contributed by atoms with van der Waals surface area (Å²) in [5, 5.41) is 2.08. The number of halogens is 2. The van der Waals surface area contributed by atoms with Crippen molar-refractivity contribution < 1.29 is 9.53 Å². The second-order valence-electron chi connectivity index (χ2n) is 5.32. The molecule has 0 unspecified atom stereocenters. The predicted molar refractivity (Wildman–Crippen MR) is 93.6 cm³/mol. The number of rotatable bonds is 7. The molecule has 0 aliphatic heterocycles. The third-order valence-electron chi connectivity index (χ3n) is 3.21. The molecule has 0 bridgehead atoms. The van der Waals surface area contributed by atoms with Crippen molar-refractivity contribution in [3.63, 3.8) is 0 Å². The van der Waals surface area contributed by atoms with E-state index in [0.717, 1.165) is 27.7 Å². The van der Waals surface area contributed by atoms with Gasteiger partial charge in [-0.2, -0.15) is 0 Å². The van der Waals surface area contributed by atoms with Crippen LogP contribution >= 0.6 is 35.0 Å². The van der Waals surface area contributed by atoms with Crippen LogP contribution in [0.2, 0.25) is 10.0 Å². The standard InChI is InChI=1S/C16H18Cl2N2O2S/c1-10(2)15-16(19-14(20(15)3)9-22-5-4-21)23-13-7-11(17)6-12(18)8-13/h4,6-8,10H,5,9H2,1-3H3. The summed E-state index contributed by atoms with van der Waals surface area (Å²) < 4.78 is 7.30. The van der Waals surface area contributed by atoms with Gasteiger partial charge in [-0.3, -0.25) is 0 Å². The van der Waals surface area contributed by atoms with Crippen molar-refractivity contribution in [1.29, 1.82) is 0 Å². The summed E-state index contributed by atoms with van der Waals surface area (Å²) in [5.74, 6) is 1.08. The van der Waals surface area contributed by atoms with Gasteiger partial charge in [-0.05, 0) is 24.1 Å². The number of carbonyl (C=O) groups is 1. The summed E-state index contributed by atoms with van der Waals surface area (Å²) >= 11 is 13.6. The maximum atomic E-state index is 10.4. The van der Waals surface area contributed by atoms with Gasteiger partial charge in [0.2, 0.25) is 0 Å². The first-order valence-electron chi connectivity index (χ1n) is 7.13. The van der Waals surface area contributed by atoms with Crippen molar-refractivity contribution >= 4 is 41.2 Å². The Kier molecular flexibility index (Phi) is 6.53. The minimum absolute atomic E-state index is 0.0657. The lowest BCUT2D eigenvalue weighted by Crippen LogP contribution is -2.06. The van der Waals surface area contributed by atoms with E-state index in [1.165, 1.54) is 11.8 Å². The normalized spacial score (nSPS) is 11.2. The van der Waals surface area contributed by atoms with Gasteiger partial charge >= 0.3 is 0 Å². The molecule has 23 heavy (non-hydrogen) atoms. The number of hydrogen-bond acceptors (Lipinski definition) is 4. The van der Waals surface area contributed by atoms with Gasteiger partial charge in [-0.1, -0.05) is 48.8 Å². The lowest BCUT2D eigenvalue weighted by Gasteiger charge is -2.10. The Morgan fingerprint density at radius 3 is 2.52 bits per heavy atom. The maximum absolute atomic E-state index is 10.4. The maximum Gasteiger partial charge on any atom is 0.145 e. The van der Waals surface area contributed by atoms with Crippen LogP contribution in [0.4, 0.5) is 0 Å². The zero-order chi connectivity index (χ0) is 17.0. The van der Waals surface area contributed by atoms with E-state index in [0.29, 0.717) is 22.6 Å². The number of aldehydes is 1. The molecule has 0 saturated heterocycles. The highest BCUT2D eigenvalue weighted by Crippen LogP contribution is 2.36. The van der Waals surface area contributed by atoms with Crippen molar-refractivity contribution in [1.82, 2.24) is 9.55 Å². The number of imidazole rings is 1. The monoisotopic (exact) mass is 372 g/mol. The van der Waals surface area contributed by atoms with E-state index in [9.17, 15) is 4.79 Å². The first kappa shape index (κ1) is 18.3. The molecular weight excluding hydrogens is 355 g/mol. The van der Waals surface area contributed by atoms with Crippen LogP contribution in [0, 0.1) is 0 Å². The van der Waals surface area contributed by atoms with Gasteiger partial charge in [0.05, 0.1) is 5.69 Å². The molecule has 0 amide bonds. The fourth-order valence-corrected chi connectivity index (χ4v) is 4.15. The van der Waals surface area contributed by atoms with Crippen LogP contribution in [0.25, 0.3) is 0 Å². The van der Waals surface area contributed by atoms with E-state index in [2.05, 4.69) is 18.8 Å². The smallest absolute Gasteiger partial charge is 0.145 e. The highest BCUT2D eigenvalue weighted by Gasteiger charge is 2.18. The Bertz CT molecular complexity index is 681. The number of nitrogens with zero attached hydrogens (tertiary/aromatic N) is 2. The van der Waals surface area contributed by atoms with Crippen molar-refractivity contribution in [2.45, 2.75) is 36.3 Å². The summed E-state index contributed by atoms with van der Waals surface area (Å²) in [7, 11) is 1.96. The highest BCUT2D eigenvalue weighted by atomic mass is 35.5. The predicted octanol–water partition coefficient (Wildman–Crippen LogP) is 4.72. The molecule has 0 fully saturated rings. The lowest BCUT2D eigenvalue weighted by molar-refractivity contribution is -0.112. The molecule has 0 N–H and O–H groups in total. The van der Waals surface area contributed by atoms with Crippen LogP contribution in [-0.4, -0.2) is 22.4 Å². The van der Waals surface area contributed by atoms with Crippen LogP contribution in [0.3, 0.4) is 0 Å².